The maximum Gasteiger partial charge on any atom is 0.250 e. The van der Waals surface area contributed by atoms with Crippen LogP contribution in [0.4, 0.5) is 8.78 Å². The number of halogens is 2. The summed E-state index contributed by atoms with van der Waals surface area (Å²) in [5, 5.41) is 12.5. The molecule has 0 aliphatic carbocycles. The molecule has 1 aromatic carbocycles. The summed E-state index contributed by atoms with van der Waals surface area (Å²) in [7, 11) is 1.84. The third kappa shape index (κ3) is 3.48. The van der Waals surface area contributed by atoms with Crippen LogP contribution in [-0.4, -0.2) is 25.0 Å². The first-order valence-corrected chi connectivity index (χ1v) is 8.18. The van der Waals surface area contributed by atoms with E-state index in [-0.39, 0.29) is 29.6 Å². The molecule has 1 atom stereocenters. The van der Waals surface area contributed by atoms with Gasteiger partial charge in [-0.2, -0.15) is 5.10 Å². The fraction of sp³-hybridized carbons (Fsp3) is 0.222. The minimum absolute atomic E-state index is 0.00963. The van der Waals surface area contributed by atoms with Crippen molar-refractivity contribution < 1.29 is 17.9 Å². The lowest BCUT2D eigenvalue weighted by atomic mass is 10.2. The molecule has 27 heavy (non-hydrogen) atoms. The zero-order valence-electron chi connectivity index (χ0n) is 14.6. The van der Waals surface area contributed by atoms with Gasteiger partial charge in [0.15, 0.2) is 6.17 Å². The Morgan fingerprint density at radius 2 is 2.11 bits per heavy atom. The van der Waals surface area contributed by atoms with E-state index < -0.39 is 12.0 Å². The van der Waals surface area contributed by atoms with E-state index in [0.717, 1.165) is 10.9 Å². The van der Waals surface area contributed by atoms with Gasteiger partial charge < -0.3 is 9.15 Å². The molecule has 1 unspecified atom stereocenters. The lowest BCUT2D eigenvalue weighted by molar-refractivity contribution is 0.294. The Morgan fingerprint density at radius 1 is 1.26 bits per heavy atom. The topological polar surface area (TPSA) is 78.9 Å². The van der Waals surface area contributed by atoms with Gasteiger partial charge in [-0.05, 0) is 31.2 Å². The van der Waals surface area contributed by atoms with Crippen molar-refractivity contribution in [2.45, 2.75) is 19.7 Å². The molecule has 0 spiro atoms. The van der Waals surface area contributed by atoms with Gasteiger partial charge in [-0.1, -0.05) is 0 Å². The molecule has 0 aliphatic heterocycles. The van der Waals surface area contributed by atoms with Crippen LogP contribution in [0, 0.1) is 5.82 Å². The molecular formula is C18H15F2N5O2. The summed E-state index contributed by atoms with van der Waals surface area (Å²) >= 11 is 0. The molecule has 7 nitrogen and oxygen atoms in total. The van der Waals surface area contributed by atoms with Gasteiger partial charge in [-0.15, -0.1) is 10.2 Å². The Kier molecular flexibility index (Phi) is 4.27. The van der Waals surface area contributed by atoms with Crippen LogP contribution in [0.25, 0.3) is 22.4 Å². The van der Waals surface area contributed by atoms with E-state index >= 15 is 0 Å². The quantitative estimate of drug-likeness (QED) is 0.531. The highest BCUT2D eigenvalue weighted by atomic mass is 19.1. The molecule has 0 saturated carbocycles. The third-order valence-electron chi connectivity index (χ3n) is 3.91. The van der Waals surface area contributed by atoms with E-state index in [1.807, 2.05) is 25.4 Å². The number of alkyl halides is 1. The molecular weight excluding hydrogens is 356 g/mol. The van der Waals surface area contributed by atoms with Crippen LogP contribution < -0.4 is 4.74 Å². The minimum atomic E-state index is -1.39. The molecule has 3 heterocycles. The lowest BCUT2D eigenvalue weighted by Crippen LogP contribution is -2.02. The second-order valence-electron chi connectivity index (χ2n) is 6.03. The van der Waals surface area contributed by atoms with Gasteiger partial charge in [0.2, 0.25) is 5.89 Å². The van der Waals surface area contributed by atoms with Crippen molar-refractivity contribution in [1.29, 1.82) is 0 Å². The molecule has 138 valence electrons. The maximum atomic E-state index is 14.3. The number of hydrogen-bond acceptors (Lipinski definition) is 6. The van der Waals surface area contributed by atoms with Crippen LogP contribution in [0.3, 0.4) is 0 Å². The fourth-order valence-electron chi connectivity index (χ4n) is 2.57. The Balaban J connectivity index is 1.50. The number of hydrogen-bond donors (Lipinski definition) is 0. The van der Waals surface area contributed by atoms with Crippen LogP contribution in [-0.2, 0) is 13.7 Å². The summed E-state index contributed by atoms with van der Waals surface area (Å²) < 4.78 is 40.0. The highest BCUT2D eigenvalue weighted by Gasteiger charge is 2.16. The van der Waals surface area contributed by atoms with Gasteiger partial charge in [-0.3, -0.25) is 9.67 Å². The average molecular weight is 371 g/mol. The number of fused-ring (bicyclic) bond motifs is 1. The number of rotatable bonds is 5. The van der Waals surface area contributed by atoms with Crippen LogP contribution in [0.1, 0.15) is 24.7 Å². The average Bonchev–Trinajstić information content (AvgIpc) is 3.26. The largest absolute Gasteiger partial charge is 0.487 e. The molecule has 0 amide bonds. The molecule has 4 aromatic rings. The number of nitrogens with zero attached hydrogens (tertiary/aromatic N) is 5. The van der Waals surface area contributed by atoms with Crippen LogP contribution in [0.15, 0.2) is 41.1 Å². The van der Waals surface area contributed by atoms with Crippen molar-refractivity contribution in [2.24, 2.45) is 7.05 Å². The maximum absolute atomic E-state index is 14.3. The van der Waals surface area contributed by atoms with Gasteiger partial charge in [0.1, 0.15) is 23.9 Å². The molecule has 9 heteroatoms. The highest BCUT2D eigenvalue weighted by Crippen LogP contribution is 2.24. The summed E-state index contributed by atoms with van der Waals surface area (Å²) in [6, 6.07) is 6.62. The fourth-order valence-corrected chi connectivity index (χ4v) is 2.57. The lowest BCUT2D eigenvalue weighted by Gasteiger charge is -2.07. The molecule has 0 aliphatic rings. The number of pyridine rings is 1. The molecule has 0 saturated heterocycles. The van der Waals surface area contributed by atoms with E-state index in [9.17, 15) is 8.78 Å². The normalized spacial score (nSPS) is 12.4. The zero-order valence-corrected chi connectivity index (χ0v) is 14.6. The number of benzene rings is 1. The van der Waals surface area contributed by atoms with Gasteiger partial charge in [0.25, 0.3) is 5.89 Å². The smallest absolute Gasteiger partial charge is 0.250 e. The van der Waals surface area contributed by atoms with Crippen molar-refractivity contribution in [2.75, 3.05) is 0 Å². The Bertz CT molecular complexity index is 1110. The number of aryl methyl sites for hydroxylation is 1. The van der Waals surface area contributed by atoms with E-state index in [0.29, 0.717) is 5.75 Å². The molecule has 0 fully saturated rings. The first kappa shape index (κ1) is 17.1. The molecule has 0 N–H and O–H groups in total. The summed E-state index contributed by atoms with van der Waals surface area (Å²) in [6.45, 7) is 1.23. The molecule has 3 aromatic heterocycles. The summed E-state index contributed by atoms with van der Waals surface area (Å²) in [5.41, 5.74) is 1.25. The summed E-state index contributed by atoms with van der Waals surface area (Å²) in [4.78, 5) is 4.05. The van der Waals surface area contributed by atoms with Gasteiger partial charge in [0.05, 0.1) is 11.1 Å². The predicted molar refractivity (Wildman–Crippen MR) is 92.1 cm³/mol. The highest BCUT2D eigenvalue weighted by molar-refractivity contribution is 5.79. The Labute approximate surface area is 152 Å². The monoisotopic (exact) mass is 371 g/mol. The molecule has 0 bridgehead atoms. The van der Waals surface area contributed by atoms with Crippen LogP contribution in [0.2, 0.25) is 0 Å². The predicted octanol–water partition coefficient (Wildman–Crippen LogP) is 3.77. The van der Waals surface area contributed by atoms with Crippen molar-refractivity contribution in [3.8, 4) is 17.2 Å². The van der Waals surface area contributed by atoms with Gasteiger partial charge in [0, 0.05) is 24.8 Å². The zero-order chi connectivity index (χ0) is 19.0. The van der Waals surface area contributed by atoms with E-state index in [1.165, 1.54) is 19.2 Å². The second kappa shape index (κ2) is 6.75. The molecule has 4 rings (SSSR count). The minimum Gasteiger partial charge on any atom is -0.487 e. The van der Waals surface area contributed by atoms with Crippen LogP contribution >= 0.6 is 0 Å². The molecule has 0 radical (unpaired) electrons. The first-order valence-electron chi connectivity index (χ1n) is 8.18. The summed E-state index contributed by atoms with van der Waals surface area (Å²) in [6.07, 6.45) is 1.85. The third-order valence-corrected chi connectivity index (χ3v) is 3.91. The van der Waals surface area contributed by atoms with E-state index in [2.05, 4.69) is 20.3 Å². The van der Waals surface area contributed by atoms with Crippen molar-refractivity contribution >= 4 is 10.9 Å². The van der Waals surface area contributed by atoms with Gasteiger partial charge >= 0.3 is 0 Å². The van der Waals surface area contributed by atoms with E-state index in [4.69, 9.17) is 9.15 Å². The van der Waals surface area contributed by atoms with Gasteiger partial charge in [-0.25, -0.2) is 8.78 Å². The van der Waals surface area contributed by atoms with Crippen molar-refractivity contribution in [3.05, 3.63) is 54.1 Å². The Morgan fingerprint density at radius 3 is 2.85 bits per heavy atom. The SMILES string of the molecule is CC(F)c1nnc(-c2cnc(COc3ccc4nn(C)cc4c3)c(F)c2)o1. The number of aromatic nitrogens is 5. The van der Waals surface area contributed by atoms with Crippen molar-refractivity contribution in [3.63, 3.8) is 0 Å². The van der Waals surface area contributed by atoms with Crippen molar-refractivity contribution in [1.82, 2.24) is 25.0 Å². The standard InChI is InChI=1S/C18H15F2N5O2/c1-10(19)17-22-23-18(27-17)11-6-14(20)16(21-7-11)9-26-13-3-4-15-12(5-13)8-25(2)24-15/h3-8,10H,9H2,1-2H3. The van der Waals surface area contributed by atoms with Crippen LogP contribution in [0.5, 0.6) is 5.75 Å². The second-order valence-corrected chi connectivity index (χ2v) is 6.03. The number of ether oxygens (including phenoxy) is 1. The first-order chi connectivity index (χ1) is 13.0. The summed E-state index contributed by atoms with van der Waals surface area (Å²) in [5.74, 6) is -0.152. The Hall–Kier alpha value is -3.36. The van der Waals surface area contributed by atoms with E-state index in [1.54, 1.807) is 10.7 Å².